The zero-order valence-corrected chi connectivity index (χ0v) is 17.6. The van der Waals surface area contributed by atoms with E-state index in [0.717, 1.165) is 16.7 Å². The molecule has 0 spiro atoms. The van der Waals surface area contributed by atoms with Crippen molar-refractivity contribution in [2.45, 2.75) is 59.5 Å². The van der Waals surface area contributed by atoms with Crippen molar-refractivity contribution in [2.75, 3.05) is 18.1 Å². The molecule has 6 nitrogen and oxygen atoms in total. The van der Waals surface area contributed by atoms with Crippen LogP contribution in [-0.4, -0.2) is 55.4 Å². The molecule has 0 saturated carbocycles. The fourth-order valence-corrected chi connectivity index (χ4v) is 5.49. The lowest BCUT2D eigenvalue weighted by Crippen LogP contribution is -2.48. The highest BCUT2D eigenvalue weighted by molar-refractivity contribution is 7.91. The molecule has 7 heteroatoms. The molecule has 2 atom stereocenters. The minimum Gasteiger partial charge on any atom is -0.452 e. The van der Waals surface area contributed by atoms with Gasteiger partial charge in [-0.2, -0.15) is 0 Å². The van der Waals surface area contributed by atoms with E-state index in [4.69, 9.17) is 4.74 Å². The molecule has 1 aliphatic heterocycles. The molecule has 2 rings (SSSR count). The first-order chi connectivity index (χ1) is 12.6. The molecule has 27 heavy (non-hydrogen) atoms. The second kappa shape index (κ2) is 8.42. The van der Waals surface area contributed by atoms with E-state index in [1.807, 2.05) is 46.8 Å². The van der Waals surface area contributed by atoms with E-state index in [9.17, 15) is 18.0 Å². The van der Waals surface area contributed by atoms with E-state index < -0.39 is 15.8 Å². The van der Waals surface area contributed by atoms with E-state index >= 15 is 0 Å². The van der Waals surface area contributed by atoms with Gasteiger partial charge in [0.1, 0.15) is 0 Å². The quantitative estimate of drug-likeness (QED) is 0.692. The van der Waals surface area contributed by atoms with Gasteiger partial charge >= 0.3 is 5.97 Å². The van der Waals surface area contributed by atoms with Gasteiger partial charge in [0.15, 0.2) is 16.4 Å². The van der Waals surface area contributed by atoms with Crippen LogP contribution >= 0.6 is 0 Å². The third kappa shape index (κ3) is 5.09. The number of hydrogen-bond donors (Lipinski definition) is 0. The van der Waals surface area contributed by atoms with Gasteiger partial charge in [0.25, 0.3) is 5.91 Å². The predicted molar refractivity (Wildman–Crippen MR) is 105 cm³/mol. The molecule has 1 saturated heterocycles. The van der Waals surface area contributed by atoms with Crippen LogP contribution in [0.5, 0.6) is 0 Å². The maximum absolute atomic E-state index is 12.8. The van der Waals surface area contributed by atoms with E-state index in [0.29, 0.717) is 18.4 Å². The summed E-state index contributed by atoms with van der Waals surface area (Å²) in [6, 6.07) is 3.34. The van der Waals surface area contributed by atoms with E-state index in [1.165, 1.54) is 0 Å². The molecule has 1 aliphatic rings. The number of amides is 1. The van der Waals surface area contributed by atoms with Crippen molar-refractivity contribution in [3.05, 3.63) is 34.4 Å². The lowest BCUT2D eigenvalue weighted by Gasteiger charge is -2.33. The molecule has 0 aromatic heterocycles. The molecule has 1 aromatic carbocycles. The van der Waals surface area contributed by atoms with Gasteiger partial charge in [-0.25, -0.2) is 13.2 Å². The first-order valence-electron chi connectivity index (χ1n) is 9.32. The Labute approximate surface area is 161 Å². The third-order valence-electron chi connectivity index (χ3n) is 5.16. The molecule has 0 N–H and O–H groups in total. The number of carbonyl (C=O) groups is 2. The van der Waals surface area contributed by atoms with Crippen LogP contribution in [0.4, 0.5) is 0 Å². The lowest BCUT2D eigenvalue weighted by atomic mass is 10.00. The van der Waals surface area contributed by atoms with Gasteiger partial charge in [-0.1, -0.05) is 24.6 Å². The Bertz CT molecular complexity index is 808. The predicted octanol–water partition coefficient (Wildman–Crippen LogP) is 2.58. The molecule has 1 aromatic rings. The van der Waals surface area contributed by atoms with Gasteiger partial charge in [0.05, 0.1) is 17.1 Å². The third-order valence-corrected chi connectivity index (χ3v) is 6.91. The van der Waals surface area contributed by atoms with Crippen molar-refractivity contribution in [1.29, 1.82) is 0 Å². The standard InChI is InChI=1S/C20H29NO5S/c1-6-16(5)21(17-7-8-27(24,25)12-17)18(22)11-26-20(23)19-14(3)9-13(2)10-15(19)4/h9-10,16-17H,6-8,11-12H2,1-5H3/t16-,17-/m1/s1. The zero-order valence-electron chi connectivity index (χ0n) is 16.7. The van der Waals surface area contributed by atoms with Gasteiger partial charge in [-0.15, -0.1) is 0 Å². The Balaban J connectivity index is 2.11. The summed E-state index contributed by atoms with van der Waals surface area (Å²) in [4.78, 5) is 26.8. The van der Waals surface area contributed by atoms with Crippen molar-refractivity contribution < 1.29 is 22.7 Å². The summed E-state index contributed by atoms with van der Waals surface area (Å²) in [5.74, 6) is -0.796. The SMILES string of the molecule is CC[C@@H](C)N(C(=O)COC(=O)c1c(C)cc(C)cc1C)[C@@H]1CCS(=O)(=O)C1. The molecule has 0 bridgehead atoms. The van der Waals surface area contributed by atoms with Crippen LogP contribution in [0.2, 0.25) is 0 Å². The maximum Gasteiger partial charge on any atom is 0.339 e. The Morgan fingerprint density at radius 1 is 1.22 bits per heavy atom. The van der Waals surface area contributed by atoms with Crippen LogP contribution in [0.25, 0.3) is 0 Å². The number of sulfone groups is 1. The number of esters is 1. The fourth-order valence-electron chi connectivity index (χ4n) is 3.78. The highest BCUT2D eigenvalue weighted by Gasteiger charge is 2.36. The number of ether oxygens (including phenoxy) is 1. The summed E-state index contributed by atoms with van der Waals surface area (Å²) in [7, 11) is -3.11. The minimum absolute atomic E-state index is 0.0206. The van der Waals surface area contributed by atoms with Crippen LogP contribution in [0.15, 0.2) is 12.1 Å². The lowest BCUT2D eigenvalue weighted by molar-refractivity contribution is -0.138. The Morgan fingerprint density at radius 2 is 1.81 bits per heavy atom. The van der Waals surface area contributed by atoms with E-state index in [1.54, 1.807) is 4.90 Å². The van der Waals surface area contributed by atoms with Gasteiger partial charge in [0.2, 0.25) is 0 Å². The first kappa shape index (κ1) is 21.4. The second-order valence-electron chi connectivity index (χ2n) is 7.46. The van der Waals surface area contributed by atoms with Gasteiger partial charge in [-0.3, -0.25) is 4.79 Å². The topological polar surface area (TPSA) is 80.8 Å². The van der Waals surface area contributed by atoms with Crippen molar-refractivity contribution in [3.63, 3.8) is 0 Å². The monoisotopic (exact) mass is 395 g/mol. The molecule has 0 unspecified atom stereocenters. The van der Waals surface area contributed by atoms with Crippen LogP contribution in [0, 0.1) is 20.8 Å². The Hall–Kier alpha value is -1.89. The molecular formula is C20H29NO5S. The zero-order chi connectivity index (χ0) is 20.4. The average Bonchev–Trinajstić information content (AvgIpc) is 2.91. The summed E-state index contributed by atoms with van der Waals surface area (Å²) in [6.07, 6.45) is 1.13. The smallest absolute Gasteiger partial charge is 0.339 e. The number of carbonyl (C=O) groups excluding carboxylic acids is 2. The van der Waals surface area contributed by atoms with Crippen molar-refractivity contribution in [2.24, 2.45) is 0 Å². The summed E-state index contributed by atoms with van der Waals surface area (Å²) < 4.78 is 28.9. The Morgan fingerprint density at radius 3 is 2.30 bits per heavy atom. The van der Waals surface area contributed by atoms with Crippen LogP contribution < -0.4 is 0 Å². The number of nitrogens with zero attached hydrogens (tertiary/aromatic N) is 1. The van der Waals surface area contributed by atoms with Crippen LogP contribution in [-0.2, 0) is 19.4 Å². The van der Waals surface area contributed by atoms with Gasteiger partial charge < -0.3 is 9.64 Å². The molecule has 0 aliphatic carbocycles. The van der Waals surface area contributed by atoms with Crippen molar-refractivity contribution in [1.82, 2.24) is 4.90 Å². The molecule has 1 amide bonds. The number of hydrogen-bond acceptors (Lipinski definition) is 5. The average molecular weight is 396 g/mol. The normalized spacial score (nSPS) is 19.5. The molecule has 1 fully saturated rings. The summed E-state index contributed by atoms with van der Waals surface area (Å²) >= 11 is 0. The van der Waals surface area contributed by atoms with Crippen molar-refractivity contribution in [3.8, 4) is 0 Å². The largest absolute Gasteiger partial charge is 0.452 e. The number of rotatable bonds is 6. The van der Waals surface area contributed by atoms with E-state index in [2.05, 4.69) is 0 Å². The second-order valence-corrected chi connectivity index (χ2v) is 9.69. The van der Waals surface area contributed by atoms with Gasteiger partial charge in [0, 0.05) is 12.1 Å². The molecule has 1 heterocycles. The fraction of sp³-hybridized carbons (Fsp3) is 0.600. The summed E-state index contributed by atoms with van der Waals surface area (Å²) in [5.41, 5.74) is 3.16. The number of benzene rings is 1. The van der Waals surface area contributed by atoms with Crippen LogP contribution in [0.3, 0.4) is 0 Å². The van der Waals surface area contributed by atoms with Crippen molar-refractivity contribution >= 4 is 21.7 Å². The highest BCUT2D eigenvalue weighted by atomic mass is 32.2. The maximum atomic E-state index is 12.8. The summed E-state index contributed by atoms with van der Waals surface area (Å²) in [5, 5.41) is 0. The molecule has 0 radical (unpaired) electrons. The van der Waals surface area contributed by atoms with Crippen LogP contribution in [0.1, 0.15) is 53.7 Å². The number of aryl methyl sites for hydroxylation is 3. The highest BCUT2D eigenvalue weighted by Crippen LogP contribution is 2.22. The molecule has 150 valence electrons. The molecular weight excluding hydrogens is 366 g/mol. The van der Waals surface area contributed by atoms with E-state index in [-0.39, 0.29) is 36.1 Å². The minimum atomic E-state index is -3.11. The Kier molecular flexibility index (Phi) is 6.68. The summed E-state index contributed by atoms with van der Waals surface area (Å²) in [6.45, 7) is 9.09. The first-order valence-corrected chi connectivity index (χ1v) is 11.1. The van der Waals surface area contributed by atoms with Gasteiger partial charge in [-0.05, 0) is 51.7 Å².